The highest BCUT2D eigenvalue weighted by Gasteiger charge is 2.29. The van der Waals surface area contributed by atoms with Crippen LogP contribution in [-0.2, 0) is 9.59 Å². The van der Waals surface area contributed by atoms with Gasteiger partial charge in [0.1, 0.15) is 11.8 Å². The number of imide groups is 1. The number of halogens is 1. The fourth-order valence-corrected chi connectivity index (χ4v) is 1.68. The van der Waals surface area contributed by atoms with Crippen LogP contribution < -0.4 is 20.7 Å². The van der Waals surface area contributed by atoms with Crippen molar-refractivity contribution in [3.63, 3.8) is 0 Å². The van der Waals surface area contributed by atoms with Crippen molar-refractivity contribution in [3.8, 4) is 5.75 Å². The number of hydrogen-bond donors (Lipinski definition) is 3. The molecule has 0 radical (unpaired) electrons. The largest absolute Gasteiger partial charge is 0.484 e. The number of hydrogen-bond acceptors (Lipinski definition) is 4. The fourth-order valence-electron chi connectivity index (χ4n) is 1.55. The van der Waals surface area contributed by atoms with Crippen molar-refractivity contribution in [2.45, 2.75) is 6.04 Å². The quantitative estimate of drug-likeness (QED) is 0.669. The number of ether oxygens (including phenoxy) is 1. The van der Waals surface area contributed by atoms with Crippen LogP contribution in [0.4, 0.5) is 4.79 Å². The molecule has 1 fully saturated rings. The lowest BCUT2D eigenvalue weighted by molar-refractivity contribution is -0.123. The first-order valence-corrected chi connectivity index (χ1v) is 6.19. The summed E-state index contributed by atoms with van der Waals surface area (Å²) in [6, 6.07) is 5.26. The summed E-state index contributed by atoms with van der Waals surface area (Å²) >= 11 is 5.72. The van der Waals surface area contributed by atoms with Crippen LogP contribution in [0, 0.1) is 0 Å². The van der Waals surface area contributed by atoms with Gasteiger partial charge in [-0.25, -0.2) is 4.79 Å². The third-order valence-corrected chi connectivity index (χ3v) is 2.80. The lowest BCUT2D eigenvalue weighted by atomic mass is 10.3. The molecule has 0 bridgehead atoms. The zero-order valence-corrected chi connectivity index (χ0v) is 11.1. The minimum atomic E-state index is -0.748. The Morgan fingerprint density at radius 2 is 2.00 bits per heavy atom. The Bertz CT molecular complexity index is 532. The molecule has 0 aliphatic carbocycles. The Kier molecular flexibility index (Phi) is 4.41. The molecule has 3 N–H and O–H groups in total. The van der Waals surface area contributed by atoms with Crippen molar-refractivity contribution >= 4 is 29.4 Å². The SMILES string of the molecule is O=C(COc1ccc(Cl)cc1)NCC1NC(=O)NC1=O. The van der Waals surface area contributed by atoms with Crippen LogP contribution in [0.25, 0.3) is 0 Å². The molecule has 1 aliphatic heterocycles. The van der Waals surface area contributed by atoms with Crippen molar-refractivity contribution in [3.05, 3.63) is 29.3 Å². The summed E-state index contributed by atoms with van der Waals surface area (Å²) in [5, 5.41) is 7.50. The van der Waals surface area contributed by atoms with E-state index in [1.54, 1.807) is 24.3 Å². The molecule has 0 spiro atoms. The Labute approximate surface area is 119 Å². The monoisotopic (exact) mass is 297 g/mol. The number of amides is 4. The van der Waals surface area contributed by atoms with Gasteiger partial charge in [-0.05, 0) is 24.3 Å². The molecule has 1 atom stereocenters. The second-order valence-electron chi connectivity index (χ2n) is 4.06. The summed E-state index contributed by atoms with van der Waals surface area (Å²) in [6.45, 7) is -0.176. The molecule has 20 heavy (non-hydrogen) atoms. The summed E-state index contributed by atoms with van der Waals surface area (Å²) in [4.78, 5) is 33.6. The first-order valence-electron chi connectivity index (χ1n) is 5.81. The summed E-state index contributed by atoms with van der Waals surface area (Å²) in [7, 11) is 0. The Morgan fingerprint density at radius 1 is 1.30 bits per heavy atom. The van der Waals surface area contributed by atoms with Gasteiger partial charge in [0.2, 0.25) is 0 Å². The lowest BCUT2D eigenvalue weighted by Gasteiger charge is -2.10. The number of rotatable bonds is 5. The summed E-state index contributed by atoms with van der Waals surface area (Å²) < 4.78 is 5.23. The average molecular weight is 298 g/mol. The second-order valence-corrected chi connectivity index (χ2v) is 4.50. The molecule has 106 valence electrons. The average Bonchev–Trinajstić information content (AvgIpc) is 2.74. The minimum Gasteiger partial charge on any atom is -0.484 e. The molecule has 1 heterocycles. The highest BCUT2D eigenvalue weighted by molar-refractivity contribution is 6.30. The van der Waals surface area contributed by atoms with Gasteiger partial charge in [-0.3, -0.25) is 14.9 Å². The van der Waals surface area contributed by atoms with Gasteiger partial charge >= 0.3 is 6.03 Å². The number of benzene rings is 1. The van der Waals surface area contributed by atoms with Crippen LogP contribution >= 0.6 is 11.6 Å². The molecule has 7 nitrogen and oxygen atoms in total. The molecule has 0 aromatic heterocycles. The van der Waals surface area contributed by atoms with Crippen molar-refractivity contribution in [2.24, 2.45) is 0 Å². The van der Waals surface area contributed by atoms with Crippen molar-refractivity contribution in [2.75, 3.05) is 13.2 Å². The van der Waals surface area contributed by atoms with Gasteiger partial charge in [0.15, 0.2) is 6.61 Å². The van der Waals surface area contributed by atoms with E-state index in [0.29, 0.717) is 10.8 Å². The zero-order chi connectivity index (χ0) is 14.5. The summed E-state index contributed by atoms with van der Waals surface area (Å²) in [5.41, 5.74) is 0. The van der Waals surface area contributed by atoms with Crippen LogP contribution in [0.5, 0.6) is 5.75 Å². The Hall–Kier alpha value is -2.28. The van der Waals surface area contributed by atoms with Gasteiger partial charge in [0.25, 0.3) is 11.8 Å². The highest BCUT2D eigenvalue weighted by atomic mass is 35.5. The standard InChI is InChI=1S/C12H12ClN3O4/c13-7-1-3-8(4-2-7)20-6-10(17)14-5-9-11(18)16-12(19)15-9/h1-4,9H,5-6H2,(H,14,17)(H2,15,16,18,19). The molecule has 8 heteroatoms. The van der Waals surface area contributed by atoms with E-state index < -0.39 is 23.9 Å². The lowest BCUT2D eigenvalue weighted by Crippen LogP contribution is -2.43. The first kappa shape index (κ1) is 14.1. The van der Waals surface area contributed by atoms with Crippen molar-refractivity contribution < 1.29 is 19.1 Å². The van der Waals surface area contributed by atoms with Gasteiger partial charge in [-0.15, -0.1) is 0 Å². The maximum atomic E-state index is 11.5. The third-order valence-electron chi connectivity index (χ3n) is 2.55. The molecule has 1 aliphatic rings. The smallest absolute Gasteiger partial charge is 0.322 e. The normalized spacial score (nSPS) is 17.4. The van der Waals surface area contributed by atoms with E-state index in [1.807, 2.05) is 0 Å². The predicted molar refractivity (Wildman–Crippen MR) is 70.4 cm³/mol. The number of urea groups is 1. The van der Waals surface area contributed by atoms with E-state index in [4.69, 9.17) is 16.3 Å². The molecule has 1 unspecified atom stereocenters. The molecule has 1 aromatic carbocycles. The van der Waals surface area contributed by atoms with Crippen molar-refractivity contribution in [1.82, 2.24) is 16.0 Å². The first-order chi connectivity index (χ1) is 9.54. The van der Waals surface area contributed by atoms with E-state index >= 15 is 0 Å². The van der Waals surface area contributed by atoms with Crippen LogP contribution in [-0.4, -0.2) is 37.0 Å². The molecular formula is C12H12ClN3O4. The molecule has 0 saturated carbocycles. The topological polar surface area (TPSA) is 96.5 Å². The zero-order valence-electron chi connectivity index (χ0n) is 10.3. The van der Waals surface area contributed by atoms with Gasteiger partial charge in [0.05, 0.1) is 0 Å². The maximum absolute atomic E-state index is 11.5. The second kappa shape index (κ2) is 6.25. The van der Waals surface area contributed by atoms with Gasteiger partial charge in [0, 0.05) is 11.6 Å². The Morgan fingerprint density at radius 3 is 2.60 bits per heavy atom. The highest BCUT2D eigenvalue weighted by Crippen LogP contribution is 2.15. The molecule has 1 aromatic rings. The van der Waals surface area contributed by atoms with E-state index in [-0.39, 0.29) is 13.2 Å². The predicted octanol–water partition coefficient (Wildman–Crippen LogP) is 0.0430. The summed E-state index contributed by atoms with van der Waals surface area (Å²) in [6.07, 6.45) is 0. The minimum absolute atomic E-state index is 0.0143. The van der Waals surface area contributed by atoms with E-state index in [2.05, 4.69) is 16.0 Å². The van der Waals surface area contributed by atoms with Gasteiger partial charge < -0.3 is 15.4 Å². The molecule has 2 rings (SSSR count). The van der Waals surface area contributed by atoms with E-state index in [0.717, 1.165) is 0 Å². The number of carbonyl (C=O) groups excluding carboxylic acids is 3. The molecular weight excluding hydrogens is 286 g/mol. The fraction of sp³-hybridized carbons (Fsp3) is 0.250. The van der Waals surface area contributed by atoms with Crippen molar-refractivity contribution in [1.29, 1.82) is 0 Å². The number of nitrogens with one attached hydrogen (secondary N) is 3. The van der Waals surface area contributed by atoms with E-state index in [1.165, 1.54) is 0 Å². The Balaban J connectivity index is 1.72. The van der Waals surface area contributed by atoms with Crippen LogP contribution in [0.3, 0.4) is 0 Å². The van der Waals surface area contributed by atoms with Crippen LogP contribution in [0.1, 0.15) is 0 Å². The van der Waals surface area contributed by atoms with E-state index in [9.17, 15) is 14.4 Å². The molecule has 1 saturated heterocycles. The van der Waals surface area contributed by atoms with Crippen LogP contribution in [0.15, 0.2) is 24.3 Å². The third kappa shape index (κ3) is 3.86. The van der Waals surface area contributed by atoms with Gasteiger partial charge in [-0.2, -0.15) is 0 Å². The number of carbonyl (C=O) groups is 3. The van der Waals surface area contributed by atoms with Crippen LogP contribution in [0.2, 0.25) is 5.02 Å². The van der Waals surface area contributed by atoms with Gasteiger partial charge in [-0.1, -0.05) is 11.6 Å². The summed E-state index contributed by atoms with van der Waals surface area (Å²) in [5.74, 6) is -0.348. The molecule has 4 amide bonds. The maximum Gasteiger partial charge on any atom is 0.322 e.